The predicted molar refractivity (Wildman–Crippen MR) is 248 cm³/mol. The van der Waals surface area contributed by atoms with Gasteiger partial charge < -0.3 is 34.3 Å². The van der Waals surface area contributed by atoms with E-state index in [1.54, 1.807) is 0 Å². The van der Waals surface area contributed by atoms with Gasteiger partial charge >= 0.3 is 16.4 Å². The van der Waals surface area contributed by atoms with Gasteiger partial charge in [-0.15, -0.1) is 0 Å². The van der Waals surface area contributed by atoms with Crippen LogP contribution in [-0.4, -0.2) is 97.5 Å². The first-order chi connectivity index (χ1) is 30.1. The smallest absolute Gasteiger partial charge is 0.397 e. The summed E-state index contributed by atoms with van der Waals surface area (Å²) in [6, 6.07) is 0. The van der Waals surface area contributed by atoms with Gasteiger partial charge in [-0.3, -0.25) is 9.35 Å². The average molecular weight is 901 g/mol. The highest BCUT2D eigenvalue weighted by molar-refractivity contribution is 7.80. The average Bonchev–Trinajstić information content (AvgIpc) is 3.24. The fourth-order valence-corrected chi connectivity index (χ4v) is 7.70. The summed E-state index contributed by atoms with van der Waals surface area (Å²) in [4.78, 5) is 12.8. The van der Waals surface area contributed by atoms with Crippen LogP contribution in [0.15, 0.2) is 48.6 Å². The van der Waals surface area contributed by atoms with E-state index in [0.717, 1.165) is 77.0 Å². The van der Waals surface area contributed by atoms with Crippen LogP contribution in [0.5, 0.6) is 0 Å². The third-order valence-corrected chi connectivity index (χ3v) is 11.4. The molecule has 0 amide bonds. The van der Waals surface area contributed by atoms with Crippen LogP contribution in [0.25, 0.3) is 0 Å². The first kappa shape index (κ1) is 58.1. The molecule has 1 saturated heterocycles. The van der Waals surface area contributed by atoms with Crippen molar-refractivity contribution in [2.24, 2.45) is 0 Å². The van der Waals surface area contributed by atoms with Crippen molar-refractivity contribution in [2.75, 3.05) is 26.4 Å². The Morgan fingerprint density at radius 1 is 0.613 bits per heavy atom. The SMILES string of the molecule is CCCC/C=C\CCCCCCCC(=O)OC(COCCCCCCCCCCC/C=C\C/C=C\C/C=C\CCCCCCC)COC1OC(CO)C(O)C(OS(=O)(=O)O)C1O. The van der Waals surface area contributed by atoms with Crippen LogP contribution in [-0.2, 0) is 38.3 Å². The van der Waals surface area contributed by atoms with Crippen molar-refractivity contribution in [2.45, 2.75) is 230 Å². The van der Waals surface area contributed by atoms with Crippen LogP contribution in [0.2, 0.25) is 0 Å². The number of ether oxygens (including phenoxy) is 4. The lowest BCUT2D eigenvalue weighted by molar-refractivity contribution is -0.301. The Morgan fingerprint density at radius 2 is 1.08 bits per heavy atom. The molecule has 0 saturated carbocycles. The maximum absolute atomic E-state index is 12.8. The second-order valence-electron chi connectivity index (χ2n) is 16.7. The molecule has 0 aromatic rings. The van der Waals surface area contributed by atoms with Gasteiger partial charge in [0.15, 0.2) is 6.29 Å². The van der Waals surface area contributed by atoms with Crippen LogP contribution < -0.4 is 0 Å². The van der Waals surface area contributed by atoms with Crippen molar-refractivity contribution in [1.82, 2.24) is 0 Å². The van der Waals surface area contributed by atoms with Gasteiger partial charge in [-0.1, -0.05) is 165 Å². The van der Waals surface area contributed by atoms with E-state index in [4.69, 9.17) is 23.5 Å². The molecule has 6 unspecified atom stereocenters. The molecule has 362 valence electrons. The highest BCUT2D eigenvalue weighted by Crippen LogP contribution is 2.26. The van der Waals surface area contributed by atoms with Crippen molar-refractivity contribution < 1.29 is 56.2 Å². The summed E-state index contributed by atoms with van der Waals surface area (Å²) < 4.78 is 59.1. The van der Waals surface area contributed by atoms with E-state index in [1.807, 2.05) is 0 Å². The summed E-state index contributed by atoms with van der Waals surface area (Å²) >= 11 is 0. The third kappa shape index (κ3) is 33.6. The number of hydrogen-bond donors (Lipinski definition) is 4. The lowest BCUT2D eigenvalue weighted by atomic mass is 9.99. The number of aliphatic hydroxyl groups excluding tert-OH is 3. The molecular formula is C49H88O12S. The Kier molecular flexibility index (Phi) is 38.0. The number of hydrogen-bond acceptors (Lipinski definition) is 11. The molecule has 0 spiro atoms. The van der Waals surface area contributed by atoms with Gasteiger partial charge in [0, 0.05) is 13.0 Å². The molecule has 0 aromatic carbocycles. The molecule has 4 N–H and O–H groups in total. The molecule has 1 aliphatic rings. The highest BCUT2D eigenvalue weighted by Gasteiger charge is 2.48. The molecule has 1 rings (SSSR count). The van der Waals surface area contributed by atoms with Crippen LogP contribution in [0.1, 0.15) is 194 Å². The van der Waals surface area contributed by atoms with Crippen molar-refractivity contribution in [3.05, 3.63) is 48.6 Å². The van der Waals surface area contributed by atoms with Gasteiger partial charge in [0.1, 0.15) is 30.5 Å². The Labute approximate surface area is 376 Å². The van der Waals surface area contributed by atoms with Crippen molar-refractivity contribution in [3.8, 4) is 0 Å². The minimum Gasteiger partial charge on any atom is -0.457 e. The molecule has 0 radical (unpaired) electrons. The van der Waals surface area contributed by atoms with Gasteiger partial charge in [0.25, 0.3) is 0 Å². The van der Waals surface area contributed by atoms with Crippen LogP contribution in [0, 0.1) is 0 Å². The minimum absolute atomic E-state index is 0.0280. The van der Waals surface area contributed by atoms with Crippen LogP contribution in [0.3, 0.4) is 0 Å². The maximum Gasteiger partial charge on any atom is 0.397 e. The lowest BCUT2D eigenvalue weighted by Crippen LogP contribution is -2.60. The molecule has 0 bridgehead atoms. The zero-order chi connectivity index (χ0) is 45.4. The zero-order valence-corrected chi connectivity index (χ0v) is 39.5. The normalized spacial score (nSPS) is 20.4. The third-order valence-electron chi connectivity index (χ3n) is 10.9. The van der Waals surface area contributed by atoms with Gasteiger partial charge in [-0.05, 0) is 70.6 Å². The van der Waals surface area contributed by atoms with Gasteiger partial charge in [0.05, 0.1) is 19.8 Å². The largest absolute Gasteiger partial charge is 0.457 e. The Hall–Kier alpha value is -1.94. The number of carbonyl (C=O) groups is 1. The van der Waals surface area contributed by atoms with E-state index >= 15 is 0 Å². The molecule has 6 atom stereocenters. The molecule has 0 aromatic heterocycles. The molecule has 0 aliphatic carbocycles. The first-order valence-corrected chi connectivity index (χ1v) is 25.8. The summed E-state index contributed by atoms with van der Waals surface area (Å²) in [6.45, 7) is 3.91. The van der Waals surface area contributed by atoms with E-state index in [0.29, 0.717) is 13.0 Å². The second kappa shape index (κ2) is 40.6. The molecule has 1 aliphatic heterocycles. The van der Waals surface area contributed by atoms with Crippen LogP contribution >= 0.6 is 0 Å². The molecule has 1 heterocycles. The number of unbranched alkanes of at least 4 members (excludes halogenated alkanes) is 21. The molecule has 1 fully saturated rings. The topological polar surface area (TPSA) is 178 Å². The van der Waals surface area contributed by atoms with Gasteiger partial charge in [-0.25, -0.2) is 4.18 Å². The fourth-order valence-electron chi connectivity index (χ4n) is 7.19. The van der Waals surface area contributed by atoms with E-state index in [-0.39, 0.29) is 19.6 Å². The standard InChI is InChI=1S/C49H88O12S/c1-3-5-7-9-11-13-15-16-17-18-19-20-21-22-23-24-25-26-27-29-31-33-35-37-39-57-41-43(59-45(51)38-36-34-32-30-28-14-12-10-8-6-4-2)42-58-49-47(53)48(61-62(54,55)56)46(52)44(40-50)60-49/h10,12,15-16,18-19,21-22,43-44,46-50,52-53H,3-9,11,13-14,17,20,23-42H2,1-2H3,(H,54,55,56)/b12-10-,16-15-,19-18-,22-21-. The molecule has 62 heavy (non-hydrogen) atoms. The quantitative estimate of drug-likeness (QED) is 0.0198. The van der Waals surface area contributed by atoms with E-state index in [1.165, 1.54) is 89.9 Å². The van der Waals surface area contributed by atoms with E-state index in [2.05, 4.69) is 66.6 Å². The Bertz CT molecular complexity index is 1270. The zero-order valence-electron chi connectivity index (χ0n) is 38.7. The molecular weight excluding hydrogens is 813 g/mol. The van der Waals surface area contributed by atoms with Gasteiger partial charge in [0.2, 0.25) is 0 Å². The van der Waals surface area contributed by atoms with Gasteiger partial charge in [-0.2, -0.15) is 8.42 Å². The van der Waals surface area contributed by atoms with Crippen molar-refractivity contribution >= 4 is 16.4 Å². The number of esters is 1. The number of rotatable bonds is 42. The number of allylic oxidation sites excluding steroid dienone is 8. The van der Waals surface area contributed by atoms with Crippen molar-refractivity contribution in [1.29, 1.82) is 0 Å². The maximum atomic E-state index is 12.8. The monoisotopic (exact) mass is 901 g/mol. The van der Waals surface area contributed by atoms with Crippen molar-refractivity contribution in [3.63, 3.8) is 0 Å². The summed E-state index contributed by atoms with van der Waals surface area (Å²) in [5.74, 6) is -0.413. The van der Waals surface area contributed by atoms with E-state index < -0.39 is 59.8 Å². The minimum atomic E-state index is -5.06. The predicted octanol–water partition coefficient (Wildman–Crippen LogP) is 10.7. The molecule has 12 nitrogen and oxygen atoms in total. The number of aliphatic hydroxyl groups is 3. The van der Waals surface area contributed by atoms with E-state index in [9.17, 15) is 28.5 Å². The summed E-state index contributed by atoms with van der Waals surface area (Å²) in [5.41, 5.74) is 0. The summed E-state index contributed by atoms with van der Waals surface area (Å²) in [5, 5.41) is 30.7. The first-order valence-electron chi connectivity index (χ1n) is 24.4. The second-order valence-corrected chi connectivity index (χ2v) is 17.7. The summed E-state index contributed by atoms with van der Waals surface area (Å²) in [7, 11) is -5.06. The Balaban J connectivity index is 2.33. The fraction of sp³-hybridized carbons (Fsp3) is 0.816. The van der Waals surface area contributed by atoms with Crippen LogP contribution in [0.4, 0.5) is 0 Å². The lowest BCUT2D eigenvalue weighted by Gasteiger charge is -2.41. The molecule has 13 heteroatoms. The number of carbonyl (C=O) groups excluding carboxylic acids is 1. The Morgan fingerprint density at radius 3 is 1.61 bits per heavy atom. The highest BCUT2D eigenvalue weighted by atomic mass is 32.3. The summed E-state index contributed by atoms with van der Waals surface area (Å²) in [6.07, 6.45) is 40.1.